The zero-order chi connectivity index (χ0) is 14.9. The molecule has 0 bridgehead atoms. The van der Waals surface area contributed by atoms with Gasteiger partial charge in [-0.15, -0.1) is 0 Å². The van der Waals surface area contributed by atoms with E-state index in [1.165, 1.54) is 12.8 Å². The number of piperidine rings is 1. The van der Waals surface area contributed by atoms with E-state index in [0.29, 0.717) is 5.41 Å². The van der Waals surface area contributed by atoms with Crippen LogP contribution in [0.2, 0.25) is 0 Å². The topological polar surface area (TPSA) is 36.4 Å². The van der Waals surface area contributed by atoms with Crippen molar-refractivity contribution in [1.82, 2.24) is 4.98 Å². The summed E-state index contributed by atoms with van der Waals surface area (Å²) in [4.78, 5) is 8.16. The smallest absolute Gasteiger partial charge is 0.186 e. The predicted octanol–water partition coefficient (Wildman–Crippen LogP) is 3.93. The molecule has 1 aliphatic heterocycles. The van der Waals surface area contributed by atoms with Gasteiger partial charge >= 0.3 is 0 Å². The molecule has 0 spiro atoms. The van der Waals surface area contributed by atoms with Gasteiger partial charge in [0.2, 0.25) is 0 Å². The van der Waals surface area contributed by atoms with Crippen LogP contribution in [0.25, 0.3) is 11.3 Å². The molecule has 0 saturated carbocycles. The number of hydrogen-bond acceptors (Lipinski definition) is 4. The summed E-state index contributed by atoms with van der Waals surface area (Å²) in [5, 5.41) is 10.7. The van der Waals surface area contributed by atoms with Crippen molar-refractivity contribution in [3.63, 3.8) is 0 Å². The molecular formula is C17H22N2OS. The SMILES string of the molecule is CC1(C)CCCN(c2nc(-c3ccccc3)c(CO)s2)C1. The minimum Gasteiger partial charge on any atom is -0.391 e. The molecule has 1 fully saturated rings. The van der Waals surface area contributed by atoms with E-state index in [-0.39, 0.29) is 6.61 Å². The van der Waals surface area contributed by atoms with Crippen molar-refractivity contribution < 1.29 is 5.11 Å². The fourth-order valence-electron chi connectivity index (χ4n) is 2.99. The van der Waals surface area contributed by atoms with Crippen LogP contribution in [0, 0.1) is 5.41 Å². The highest BCUT2D eigenvalue weighted by molar-refractivity contribution is 7.16. The molecule has 3 rings (SSSR count). The van der Waals surface area contributed by atoms with E-state index in [1.807, 2.05) is 18.2 Å². The van der Waals surface area contributed by atoms with E-state index in [4.69, 9.17) is 4.98 Å². The van der Waals surface area contributed by atoms with Gasteiger partial charge in [-0.2, -0.15) is 0 Å². The molecule has 0 radical (unpaired) electrons. The van der Waals surface area contributed by atoms with Crippen LogP contribution in [0.15, 0.2) is 30.3 Å². The van der Waals surface area contributed by atoms with Crippen molar-refractivity contribution in [1.29, 1.82) is 0 Å². The van der Waals surface area contributed by atoms with Crippen LogP contribution in [-0.4, -0.2) is 23.2 Å². The molecule has 0 aliphatic carbocycles. The molecule has 1 N–H and O–H groups in total. The third-order valence-electron chi connectivity index (χ3n) is 4.05. The lowest BCUT2D eigenvalue weighted by Crippen LogP contribution is -2.40. The Hall–Kier alpha value is -1.39. The van der Waals surface area contributed by atoms with Crippen LogP contribution in [0.1, 0.15) is 31.6 Å². The summed E-state index contributed by atoms with van der Waals surface area (Å²) in [5.74, 6) is 0. The molecule has 4 heteroatoms. The maximum absolute atomic E-state index is 9.65. The lowest BCUT2D eigenvalue weighted by atomic mass is 9.84. The largest absolute Gasteiger partial charge is 0.391 e. The number of anilines is 1. The lowest BCUT2D eigenvalue weighted by Gasteiger charge is -2.37. The molecule has 1 aromatic heterocycles. The normalized spacial score (nSPS) is 18.0. The van der Waals surface area contributed by atoms with E-state index in [9.17, 15) is 5.11 Å². The molecule has 2 aromatic rings. The Morgan fingerprint density at radius 2 is 2.05 bits per heavy atom. The van der Waals surface area contributed by atoms with Crippen LogP contribution >= 0.6 is 11.3 Å². The minimum atomic E-state index is 0.0547. The van der Waals surface area contributed by atoms with E-state index in [0.717, 1.165) is 34.4 Å². The Balaban J connectivity index is 1.93. The van der Waals surface area contributed by atoms with Gasteiger partial charge in [-0.3, -0.25) is 0 Å². The number of aliphatic hydroxyl groups excluding tert-OH is 1. The second kappa shape index (κ2) is 5.78. The molecule has 0 amide bonds. The standard InChI is InChI=1S/C17H22N2OS/c1-17(2)9-6-10-19(12-17)16-18-15(14(11-20)21-16)13-7-4-3-5-8-13/h3-5,7-8,20H,6,9-12H2,1-2H3. The van der Waals surface area contributed by atoms with Crippen molar-refractivity contribution in [2.24, 2.45) is 5.41 Å². The van der Waals surface area contributed by atoms with E-state index in [2.05, 4.69) is 30.9 Å². The third-order valence-corrected chi connectivity index (χ3v) is 5.15. The number of aromatic nitrogens is 1. The quantitative estimate of drug-likeness (QED) is 0.933. The average molecular weight is 302 g/mol. The Kier molecular flexibility index (Phi) is 4.00. The van der Waals surface area contributed by atoms with Crippen molar-refractivity contribution >= 4 is 16.5 Å². The highest BCUT2D eigenvalue weighted by Gasteiger charge is 2.28. The molecule has 21 heavy (non-hydrogen) atoms. The first-order valence-corrected chi connectivity index (χ1v) is 8.32. The fourth-order valence-corrected chi connectivity index (χ4v) is 3.96. The summed E-state index contributed by atoms with van der Waals surface area (Å²) in [5.41, 5.74) is 2.36. The molecule has 1 aliphatic rings. The summed E-state index contributed by atoms with van der Waals surface area (Å²) in [6.07, 6.45) is 2.48. The van der Waals surface area contributed by atoms with Crippen molar-refractivity contribution in [2.45, 2.75) is 33.3 Å². The molecule has 112 valence electrons. The van der Waals surface area contributed by atoms with Gasteiger partial charge in [0.05, 0.1) is 17.2 Å². The number of aliphatic hydroxyl groups is 1. The summed E-state index contributed by atoms with van der Waals surface area (Å²) in [6, 6.07) is 10.1. The number of nitrogens with zero attached hydrogens (tertiary/aromatic N) is 2. The summed E-state index contributed by atoms with van der Waals surface area (Å²) in [6.45, 7) is 6.80. The summed E-state index contributed by atoms with van der Waals surface area (Å²) >= 11 is 1.63. The van der Waals surface area contributed by atoms with Crippen LogP contribution < -0.4 is 4.90 Å². The molecule has 0 unspecified atom stereocenters. The molecule has 1 saturated heterocycles. The van der Waals surface area contributed by atoms with Crippen molar-refractivity contribution in [3.8, 4) is 11.3 Å². The van der Waals surface area contributed by atoms with Gasteiger partial charge in [-0.25, -0.2) is 4.98 Å². The minimum absolute atomic E-state index is 0.0547. The van der Waals surface area contributed by atoms with Gasteiger partial charge in [0, 0.05) is 18.7 Å². The molecule has 3 nitrogen and oxygen atoms in total. The molecule has 2 heterocycles. The first kappa shape index (κ1) is 14.5. The Morgan fingerprint density at radius 1 is 1.29 bits per heavy atom. The maximum Gasteiger partial charge on any atom is 0.186 e. The Morgan fingerprint density at radius 3 is 2.71 bits per heavy atom. The zero-order valence-electron chi connectivity index (χ0n) is 12.7. The maximum atomic E-state index is 9.65. The van der Waals surface area contributed by atoms with Gasteiger partial charge in [0.1, 0.15) is 0 Å². The molecular weight excluding hydrogens is 280 g/mol. The van der Waals surface area contributed by atoms with Gasteiger partial charge in [0.25, 0.3) is 0 Å². The highest BCUT2D eigenvalue weighted by Crippen LogP contribution is 2.37. The number of rotatable bonds is 3. The third kappa shape index (κ3) is 3.11. The second-order valence-corrected chi connectivity index (χ2v) is 7.54. The van der Waals surface area contributed by atoms with E-state index < -0.39 is 0 Å². The molecule has 1 aromatic carbocycles. The second-order valence-electron chi connectivity index (χ2n) is 6.48. The average Bonchev–Trinajstić information content (AvgIpc) is 2.91. The lowest BCUT2D eigenvalue weighted by molar-refractivity contribution is 0.286. The Bertz CT molecular complexity index is 607. The summed E-state index contributed by atoms with van der Waals surface area (Å²) in [7, 11) is 0. The number of benzene rings is 1. The van der Waals surface area contributed by atoms with Crippen LogP contribution in [-0.2, 0) is 6.61 Å². The highest BCUT2D eigenvalue weighted by atomic mass is 32.1. The first-order chi connectivity index (χ1) is 10.1. The zero-order valence-corrected chi connectivity index (χ0v) is 13.5. The first-order valence-electron chi connectivity index (χ1n) is 7.50. The number of thiazole rings is 1. The summed E-state index contributed by atoms with van der Waals surface area (Å²) < 4.78 is 0. The van der Waals surface area contributed by atoms with Gasteiger partial charge < -0.3 is 10.0 Å². The van der Waals surface area contributed by atoms with Crippen LogP contribution in [0.3, 0.4) is 0 Å². The van der Waals surface area contributed by atoms with Gasteiger partial charge in [0.15, 0.2) is 5.13 Å². The van der Waals surface area contributed by atoms with Gasteiger partial charge in [-0.05, 0) is 18.3 Å². The monoisotopic (exact) mass is 302 g/mol. The van der Waals surface area contributed by atoms with Crippen LogP contribution in [0.5, 0.6) is 0 Å². The Labute approximate surface area is 130 Å². The van der Waals surface area contributed by atoms with Gasteiger partial charge in [-0.1, -0.05) is 55.5 Å². The van der Waals surface area contributed by atoms with E-state index in [1.54, 1.807) is 11.3 Å². The van der Waals surface area contributed by atoms with Crippen molar-refractivity contribution in [3.05, 3.63) is 35.2 Å². The van der Waals surface area contributed by atoms with Crippen molar-refractivity contribution in [2.75, 3.05) is 18.0 Å². The predicted molar refractivity (Wildman–Crippen MR) is 88.7 cm³/mol. The number of hydrogen-bond donors (Lipinski definition) is 1. The molecule has 0 atom stereocenters. The fraction of sp³-hybridized carbons (Fsp3) is 0.471. The van der Waals surface area contributed by atoms with Crippen LogP contribution in [0.4, 0.5) is 5.13 Å². The van der Waals surface area contributed by atoms with E-state index >= 15 is 0 Å².